The second kappa shape index (κ2) is 93.0. The van der Waals surface area contributed by atoms with Gasteiger partial charge < -0.3 is 0 Å². The highest BCUT2D eigenvalue weighted by Gasteiger charge is 2.26. The van der Waals surface area contributed by atoms with Crippen molar-refractivity contribution < 1.29 is 0 Å². The van der Waals surface area contributed by atoms with E-state index >= 15 is 0 Å². The van der Waals surface area contributed by atoms with Crippen molar-refractivity contribution in [2.75, 3.05) is 0 Å². The number of unbranched alkanes of at least 4 members (excludes halogenated alkanes) is 28. The maximum absolute atomic E-state index is 2.42. The van der Waals surface area contributed by atoms with Crippen LogP contribution in [0.2, 0.25) is 0 Å². The predicted octanol–water partition coefficient (Wildman–Crippen LogP) is 49.9. The van der Waals surface area contributed by atoms with Crippen molar-refractivity contribution in [3.05, 3.63) is 0 Å². The van der Waals surface area contributed by atoms with Crippen LogP contribution in [0.25, 0.3) is 0 Å². The molecule has 0 aromatic rings. The van der Waals surface area contributed by atoms with Gasteiger partial charge in [-0.15, -0.1) is 0 Å². The van der Waals surface area contributed by atoms with Crippen LogP contribution in [0.15, 0.2) is 0 Å². The highest BCUT2D eigenvalue weighted by molar-refractivity contribution is 4.78. The summed E-state index contributed by atoms with van der Waals surface area (Å²) >= 11 is 0. The van der Waals surface area contributed by atoms with Crippen LogP contribution < -0.4 is 0 Å². The van der Waals surface area contributed by atoms with E-state index in [1.54, 1.807) is 0 Å². The Hall–Kier alpha value is 0. The van der Waals surface area contributed by atoms with E-state index in [9.17, 15) is 0 Å². The van der Waals surface area contributed by atoms with Gasteiger partial charge in [0.25, 0.3) is 0 Å². The zero-order chi connectivity index (χ0) is 102. The smallest absolute Gasteiger partial charge is 0.0354 e. The molecule has 0 bridgehead atoms. The molecule has 794 valence electrons. The standard InChI is InChI=1S/C22H46.C20H42.C14H30.2C12H26.2C11H24.C10H22.C9H20.C8H18/c1-6-8-10-12-14-16-18-21(20-22(3,4)5)19-17-15-13-11-9-7-2;1-6-8-10-12-13-15-17-19(18-20(3,4)5)16-14-11-9-7-2;1-6-8-10-13(11-9-7-2)12-14(3,4)5;1-6-7-8-9-10-11(2)12(3,4)5;1-6-8-9-11(7-2)10-12(3,4)5;1-6-7-8-9-10(2)11(3,4)5;1-6-8-9-10(7-2)11(3,4)5;1-6-7-8-9(2)10(3,4)5;1-6-7-8(2)9(3,4)5;1-6-7(2)8(3,4)5/h21H,6-20H2,1-5H3;19H,6-18H2,1-5H3;13H,6-12H2,1-5H3;2*11H,6-10H2,1-5H3;2*10H,6-9H2,1-5H3;9H,6-8H2,1-5H3;8H,6-7H2,1-5H3;7H,6H2,1-5H3. The first kappa shape index (κ1) is 149. The molecule has 0 saturated carbocycles. The summed E-state index contributed by atoms with van der Waals surface area (Å²) in [6, 6.07) is 0. The average molecular weight is 1830 g/mol. The Bertz CT molecular complexity index is 2030. The van der Waals surface area contributed by atoms with E-state index in [0.29, 0.717) is 54.1 Å². The summed E-state index contributed by atoms with van der Waals surface area (Å²) in [6.07, 6.45) is 83.4. The van der Waals surface area contributed by atoms with Crippen molar-refractivity contribution in [2.24, 2.45) is 113 Å². The Balaban J connectivity index is -0.000000155. The summed E-state index contributed by atoms with van der Waals surface area (Å²) in [6.45, 7) is 117. The Morgan fingerprint density at radius 1 is 0.132 bits per heavy atom. The van der Waals surface area contributed by atoms with Crippen LogP contribution in [-0.2, 0) is 0 Å². The van der Waals surface area contributed by atoms with Crippen molar-refractivity contribution in [3.63, 3.8) is 0 Å². The lowest BCUT2D eigenvalue weighted by Gasteiger charge is -2.29. The van der Waals surface area contributed by atoms with E-state index in [2.05, 4.69) is 346 Å². The molecule has 0 rings (SSSR count). The van der Waals surface area contributed by atoms with Gasteiger partial charge in [-0.05, 0) is 145 Å². The topological polar surface area (TPSA) is 0 Å². The van der Waals surface area contributed by atoms with E-state index < -0.39 is 0 Å². The van der Waals surface area contributed by atoms with Crippen LogP contribution in [0, 0.1) is 113 Å². The molecule has 0 aliphatic carbocycles. The first-order chi connectivity index (χ1) is 59.4. The largest absolute Gasteiger partial charge is 0.0654 e. The summed E-state index contributed by atoms with van der Waals surface area (Å²) in [5, 5.41) is 0. The lowest BCUT2D eigenvalue weighted by molar-refractivity contribution is 0.214. The van der Waals surface area contributed by atoms with E-state index in [0.717, 1.165) is 59.2 Å². The second-order valence-corrected chi connectivity index (χ2v) is 54.5. The van der Waals surface area contributed by atoms with Gasteiger partial charge in [0.2, 0.25) is 0 Å². The van der Waals surface area contributed by atoms with Crippen molar-refractivity contribution in [1.82, 2.24) is 0 Å². The molecular formula is C129H278. The molecule has 8 atom stereocenters. The molecule has 0 aromatic carbocycles. The summed E-state index contributed by atoms with van der Waals surface area (Å²) in [7, 11) is 0. The van der Waals surface area contributed by atoms with E-state index in [1.165, 1.54) is 379 Å². The molecule has 0 spiro atoms. The summed E-state index contributed by atoms with van der Waals surface area (Å²) in [5.41, 5.74) is 5.12. The minimum absolute atomic E-state index is 0.506. The lowest BCUT2D eigenvalue weighted by Crippen LogP contribution is -2.19. The summed E-state index contributed by atoms with van der Waals surface area (Å²) < 4.78 is 0. The molecule has 0 saturated heterocycles. The minimum atomic E-state index is 0.506. The van der Waals surface area contributed by atoms with Crippen molar-refractivity contribution in [1.29, 1.82) is 0 Å². The lowest BCUT2D eigenvalue weighted by atomic mass is 9.76. The van der Waals surface area contributed by atoms with Crippen LogP contribution in [-0.4, -0.2) is 0 Å². The third-order valence-electron chi connectivity index (χ3n) is 29.5. The van der Waals surface area contributed by atoms with Gasteiger partial charge in [-0.3, -0.25) is 0 Å². The van der Waals surface area contributed by atoms with Crippen molar-refractivity contribution in [2.45, 2.75) is 725 Å². The molecule has 0 nitrogen and oxygen atoms in total. The van der Waals surface area contributed by atoms with Crippen LogP contribution in [0.1, 0.15) is 725 Å². The van der Waals surface area contributed by atoms with Gasteiger partial charge in [-0.1, -0.05) is 693 Å². The normalized spacial score (nSPS) is 14.1. The van der Waals surface area contributed by atoms with Gasteiger partial charge in [-0.25, -0.2) is 0 Å². The molecule has 0 amide bonds. The predicted molar refractivity (Wildman–Crippen MR) is 615 cm³/mol. The van der Waals surface area contributed by atoms with Gasteiger partial charge in [0.15, 0.2) is 0 Å². The maximum Gasteiger partial charge on any atom is -0.0354 e. The Kier molecular flexibility index (Phi) is 108. The van der Waals surface area contributed by atoms with E-state index in [1.807, 2.05) is 0 Å². The van der Waals surface area contributed by atoms with Gasteiger partial charge >= 0.3 is 0 Å². The SMILES string of the molecule is CCC(C)C(C)(C)C.CCCC(C)C(C)(C)C.CCCCC(C)C(C)(C)C.CCCCC(CC)C(C)(C)C.CCCCC(CC)CC(C)(C)C.CCCCC(CCCC)CC(C)(C)C.CCCCCC(C)C(C)(C)C.CCCCCCC(C)C(C)(C)C.CCCCCCCCC(CCCCCC)CC(C)(C)C.CCCCCCCCC(CCCCCCCC)CC(C)(C)C. The van der Waals surface area contributed by atoms with E-state index in [4.69, 9.17) is 0 Å². The minimum Gasteiger partial charge on any atom is -0.0654 e. The third kappa shape index (κ3) is 128. The Morgan fingerprint density at radius 2 is 0.302 bits per heavy atom. The molecule has 0 heteroatoms. The zero-order valence-electron chi connectivity index (χ0n) is 102. The molecule has 0 aliphatic heterocycles. The van der Waals surface area contributed by atoms with Gasteiger partial charge in [0.1, 0.15) is 0 Å². The van der Waals surface area contributed by atoms with Gasteiger partial charge in [0, 0.05) is 0 Å². The Labute approximate surface area is 833 Å². The molecule has 0 fully saturated rings. The Morgan fingerprint density at radius 3 is 0.496 bits per heavy atom. The zero-order valence-corrected chi connectivity index (χ0v) is 102. The first-order valence-corrected chi connectivity index (χ1v) is 59.4. The quantitative estimate of drug-likeness (QED) is 0.0533. The monoisotopic (exact) mass is 1830 g/mol. The molecule has 129 heavy (non-hydrogen) atoms. The fraction of sp³-hybridized carbons (Fsp3) is 1.00. The number of hydrogen-bond donors (Lipinski definition) is 0. The molecule has 0 aliphatic rings. The number of rotatable bonds is 59. The highest BCUT2D eigenvalue weighted by atomic mass is 14.3. The summed E-state index contributed by atoms with van der Waals surface area (Å²) in [5.74, 6) is 9.15. The molecular weight excluding hydrogens is 1550 g/mol. The van der Waals surface area contributed by atoms with E-state index in [-0.39, 0.29) is 0 Å². The fourth-order valence-corrected chi connectivity index (χ4v) is 17.5. The molecule has 0 heterocycles. The maximum atomic E-state index is 2.42. The average Bonchev–Trinajstić information content (AvgIpc) is 0.900. The highest BCUT2D eigenvalue weighted by Crippen LogP contribution is 2.39. The summed E-state index contributed by atoms with van der Waals surface area (Å²) in [4.78, 5) is 0. The van der Waals surface area contributed by atoms with Crippen molar-refractivity contribution in [3.8, 4) is 0 Å². The van der Waals surface area contributed by atoms with Crippen molar-refractivity contribution >= 4 is 0 Å². The molecule has 0 radical (unpaired) electrons. The molecule has 0 N–H and O–H groups in total. The first-order valence-electron chi connectivity index (χ1n) is 59.4. The number of hydrogen-bond acceptors (Lipinski definition) is 0. The second-order valence-electron chi connectivity index (χ2n) is 54.5. The van der Waals surface area contributed by atoms with Crippen LogP contribution in [0.5, 0.6) is 0 Å². The molecule has 8 unspecified atom stereocenters. The van der Waals surface area contributed by atoms with Crippen LogP contribution in [0.3, 0.4) is 0 Å². The van der Waals surface area contributed by atoms with Gasteiger partial charge in [0.05, 0.1) is 0 Å². The molecule has 0 aromatic heterocycles. The van der Waals surface area contributed by atoms with Gasteiger partial charge in [-0.2, -0.15) is 0 Å². The van der Waals surface area contributed by atoms with Crippen LogP contribution in [0.4, 0.5) is 0 Å². The third-order valence-corrected chi connectivity index (χ3v) is 29.5. The fourth-order valence-electron chi connectivity index (χ4n) is 17.5. The van der Waals surface area contributed by atoms with Crippen LogP contribution >= 0.6 is 0 Å².